The van der Waals surface area contributed by atoms with E-state index in [2.05, 4.69) is 0 Å². The number of amides is 1. The molecule has 0 N–H and O–H groups in total. The number of carbonyl (C=O) groups excluding carboxylic acids is 1. The van der Waals surface area contributed by atoms with Gasteiger partial charge < -0.3 is 18.8 Å². The number of hydrogen-bond acceptors (Lipinski definition) is 4. The largest absolute Gasteiger partial charge is 0.486 e. The summed E-state index contributed by atoms with van der Waals surface area (Å²) in [6.45, 7) is 1.75. The van der Waals surface area contributed by atoms with Crippen LogP contribution in [0.15, 0.2) is 59.0 Å². The molecule has 0 spiro atoms. The normalized spacial score (nSPS) is 18.1. The van der Waals surface area contributed by atoms with E-state index in [-0.39, 0.29) is 23.5 Å². The lowest BCUT2D eigenvalue weighted by atomic mass is 10.0. The van der Waals surface area contributed by atoms with Gasteiger partial charge in [0.05, 0.1) is 6.04 Å². The zero-order chi connectivity index (χ0) is 19.8. The van der Waals surface area contributed by atoms with Gasteiger partial charge in [0.25, 0.3) is 5.91 Å². The zero-order valence-electron chi connectivity index (χ0n) is 15.8. The van der Waals surface area contributed by atoms with Crippen molar-refractivity contribution in [2.75, 3.05) is 19.8 Å². The quantitative estimate of drug-likeness (QED) is 0.639. The fourth-order valence-corrected chi connectivity index (χ4v) is 3.99. The Labute approximate surface area is 167 Å². The highest BCUT2D eigenvalue weighted by molar-refractivity contribution is 5.92. The van der Waals surface area contributed by atoms with Crippen LogP contribution in [0.25, 0.3) is 11.3 Å². The van der Waals surface area contributed by atoms with Gasteiger partial charge in [-0.3, -0.25) is 4.79 Å². The predicted molar refractivity (Wildman–Crippen MR) is 105 cm³/mol. The van der Waals surface area contributed by atoms with Crippen LogP contribution >= 0.6 is 0 Å². The molecule has 0 aliphatic carbocycles. The standard InChI is InChI=1S/C23H20FNO4/c24-17-6-3-15(4-7-17)19-9-10-21(29-19)23(26)25-11-1-2-18(25)16-5-8-20-22(14-16)28-13-12-27-20/h3-10,14,18H,1-2,11-13H2. The zero-order valence-corrected chi connectivity index (χ0v) is 15.8. The maximum Gasteiger partial charge on any atom is 0.290 e. The molecule has 0 radical (unpaired) electrons. The molecule has 3 aromatic rings. The maximum atomic E-state index is 13.1. The third-order valence-electron chi connectivity index (χ3n) is 5.41. The predicted octanol–water partition coefficient (Wildman–Crippen LogP) is 4.83. The van der Waals surface area contributed by atoms with Crippen molar-refractivity contribution in [2.24, 2.45) is 0 Å². The Morgan fingerprint density at radius 2 is 1.76 bits per heavy atom. The first-order valence-electron chi connectivity index (χ1n) is 9.75. The van der Waals surface area contributed by atoms with Crippen LogP contribution in [0, 0.1) is 5.82 Å². The molecule has 5 rings (SSSR count). The molecule has 2 aliphatic rings. The van der Waals surface area contributed by atoms with Gasteiger partial charge >= 0.3 is 0 Å². The number of fused-ring (bicyclic) bond motifs is 1. The molecule has 1 fully saturated rings. The number of likely N-dealkylation sites (tertiary alicyclic amines) is 1. The molecular formula is C23H20FNO4. The van der Waals surface area contributed by atoms with E-state index in [1.807, 2.05) is 23.1 Å². The summed E-state index contributed by atoms with van der Waals surface area (Å²) in [6, 6.07) is 15.3. The molecule has 148 valence electrons. The highest BCUT2D eigenvalue weighted by atomic mass is 19.1. The smallest absolute Gasteiger partial charge is 0.290 e. The number of hydrogen-bond donors (Lipinski definition) is 0. The molecule has 1 aromatic heterocycles. The van der Waals surface area contributed by atoms with Gasteiger partial charge in [0, 0.05) is 12.1 Å². The molecule has 2 aromatic carbocycles. The van der Waals surface area contributed by atoms with Crippen LogP contribution < -0.4 is 9.47 Å². The minimum absolute atomic E-state index is 0.0299. The first-order chi connectivity index (χ1) is 14.2. The fourth-order valence-electron chi connectivity index (χ4n) is 3.99. The summed E-state index contributed by atoms with van der Waals surface area (Å²) in [5.74, 6) is 1.85. The molecule has 3 heterocycles. The van der Waals surface area contributed by atoms with Gasteiger partial charge in [0.2, 0.25) is 0 Å². The first-order valence-corrected chi connectivity index (χ1v) is 9.75. The molecule has 0 bridgehead atoms. The number of carbonyl (C=O) groups is 1. The fraction of sp³-hybridized carbons (Fsp3) is 0.261. The summed E-state index contributed by atoms with van der Waals surface area (Å²) in [6.07, 6.45) is 1.81. The lowest BCUT2D eigenvalue weighted by Gasteiger charge is -2.26. The van der Waals surface area contributed by atoms with Crippen LogP contribution in [0.2, 0.25) is 0 Å². The van der Waals surface area contributed by atoms with Gasteiger partial charge in [-0.1, -0.05) is 6.07 Å². The van der Waals surface area contributed by atoms with E-state index in [0.717, 1.165) is 35.5 Å². The molecule has 5 nitrogen and oxygen atoms in total. The molecule has 6 heteroatoms. The number of ether oxygens (including phenoxy) is 2. The summed E-state index contributed by atoms with van der Waals surface area (Å²) in [4.78, 5) is 15.0. The van der Waals surface area contributed by atoms with Crippen molar-refractivity contribution in [3.05, 3.63) is 71.7 Å². The second kappa shape index (κ2) is 7.28. The van der Waals surface area contributed by atoms with Gasteiger partial charge in [-0.15, -0.1) is 0 Å². The highest BCUT2D eigenvalue weighted by Crippen LogP contribution is 2.39. The first kappa shape index (κ1) is 17.8. The Morgan fingerprint density at radius 1 is 0.966 bits per heavy atom. The van der Waals surface area contributed by atoms with E-state index in [0.29, 0.717) is 25.5 Å². The third kappa shape index (κ3) is 3.35. The second-order valence-electron chi connectivity index (χ2n) is 7.23. The SMILES string of the molecule is O=C(c1ccc(-c2ccc(F)cc2)o1)N1CCCC1c1ccc2c(c1)OCCO2. The molecule has 29 heavy (non-hydrogen) atoms. The second-order valence-corrected chi connectivity index (χ2v) is 7.23. The van der Waals surface area contributed by atoms with E-state index in [1.165, 1.54) is 12.1 Å². The summed E-state index contributed by atoms with van der Waals surface area (Å²) >= 11 is 0. The Morgan fingerprint density at radius 3 is 2.59 bits per heavy atom. The van der Waals surface area contributed by atoms with E-state index in [4.69, 9.17) is 13.9 Å². The van der Waals surface area contributed by atoms with Gasteiger partial charge in [-0.05, 0) is 66.9 Å². The lowest BCUT2D eigenvalue weighted by Crippen LogP contribution is -2.30. The summed E-state index contributed by atoms with van der Waals surface area (Å²) in [7, 11) is 0. The van der Waals surface area contributed by atoms with Crippen LogP contribution in [0.5, 0.6) is 11.5 Å². The van der Waals surface area contributed by atoms with Gasteiger partial charge in [0.15, 0.2) is 17.3 Å². The Hall–Kier alpha value is -3.28. The van der Waals surface area contributed by atoms with E-state index in [1.54, 1.807) is 24.3 Å². The van der Waals surface area contributed by atoms with Crippen LogP contribution in [0.1, 0.15) is 35.0 Å². The maximum absolute atomic E-state index is 13.1. The summed E-state index contributed by atoms with van der Waals surface area (Å²) in [5, 5.41) is 0. The van der Waals surface area contributed by atoms with Crippen molar-refractivity contribution in [1.82, 2.24) is 4.90 Å². The van der Waals surface area contributed by atoms with Crippen LogP contribution in [-0.2, 0) is 0 Å². The van der Waals surface area contributed by atoms with E-state index in [9.17, 15) is 9.18 Å². The Balaban J connectivity index is 1.39. The van der Waals surface area contributed by atoms with Crippen LogP contribution in [0.4, 0.5) is 4.39 Å². The van der Waals surface area contributed by atoms with Crippen LogP contribution in [-0.4, -0.2) is 30.6 Å². The number of halogens is 1. The lowest BCUT2D eigenvalue weighted by molar-refractivity contribution is 0.0703. The van der Waals surface area contributed by atoms with Gasteiger partial charge in [-0.2, -0.15) is 0 Å². The minimum atomic E-state index is -0.309. The minimum Gasteiger partial charge on any atom is -0.486 e. The average molecular weight is 393 g/mol. The van der Waals surface area contributed by atoms with Crippen molar-refractivity contribution in [3.8, 4) is 22.8 Å². The molecule has 2 aliphatic heterocycles. The molecule has 1 amide bonds. The van der Waals surface area contributed by atoms with Crippen molar-refractivity contribution in [2.45, 2.75) is 18.9 Å². The number of furan rings is 1. The average Bonchev–Trinajstić information content (AvgIpc) is 3.44. The van der Waals surface area contributed by atoms with Crippen molar-refractivity contribution >= 4 is 5.91 Å². The van der Waals surface area contributed by atoms with Crippen molar-refractivity contribution < 1.29 is 23.1 Å². The molecule has 0 saturated carbocycles. The van der Waals surface area contributed by atoms with Gasteiger partial charge in [-0.25, -0.2) is 4.39 Å². The number of rotatable bonds is 3. The Kier molecular flexibility index (Phi) is 4.46. The van der Waals surface area contributed by atoms with Crippen molar-refractivity contribution in [1.29, 1.82) is 0 Å². The van der Waals surface area contributed by atoms with Crippen molar-refractivity contribution in [3.63, 3.8) is 0 Å². The third-order valence-corrected chi connectivity index (χ3v) is 5.41. The Bertz CT molecular complexity index is 1040. The van der Waals surface area contributed by atoms with Crippen LogP contribution in [0.3, 0.4) is 0 Å². The van der Waals surface area contributed by atoms with E-state index < -0.39 is 0 Å². The number of nitrogens with zero attached hydrogens (tertiary/aromatic N) is 1. The van der Waals surface area contributed by atoms with E-state index >= 15 is 0 Å². The molecular weight excluding hydrogens is 373 g/mol. The van der Waals surface area contributed by atoms with Gasteiger partial charge in [0.1, 0.15) is 24.8 Å². The number of benzene rings is 2. The summed E-state index contributed by atoms with van der Waals surface area (Å²) < 4.78 is 30.2. The molecule has 1 atom stereocenters. The topological polar surface area (TPSA) is 51.9 Å². The highest BCUT2D eigenvalue weighted by Gasteiger charge is 2.33. The monoisotopic (exact) mass is 393 g/mol. The summed E-state index contributed by atoms with van der Waals surface area (Å²) in [5.41, 5.74) is 1.76. The molecule has 1 unspecified atom stereocenters. The molecule has 1 saturated heterocycles.